The van der Waals surface area contributed by atoms with Crippen LogP contribution in [0.15, 0.2) is 91.8 Å². The molecule has 0 amide bonds. The number of aromatic nitrogens is 8. The summed E-state index contributed by atoms with van der Waals surface area (Å²) in [6.45, 7) is 2.43. The average Bonchev–Trinajstić information content (AvgIpc) is 3.70. The summed E-state index contributed by atoms with van der Waals surface area (Å²) in [7, 11) is 0. The van der Waals surface area contributed by atoms with Crippen LogP contribution < -0.4 is 4.74 Å². The quantitative estimate of drug-likeness (QED) is 0.307. The van der Waals surface area contributed by atoms with E-state index < -0.39 is 0 Å². The van der Waals surface area contributed by atoms with E-state index in [0.717, 1.165) is 61.7 Å². The summed E-state index contributed by atoms with van der Waals surface area (Å²) in [4.78, 5) is 21.7. The van der Waals surface area contributed by atoms with E-state index in [4.69, 9.17) is 9.72 Å². The molecule has 6 aromatic heterocycles. The molecule has 0 spiro atoms. The van der Waals surface area contributed by atoms with Gasteiger partial charge in [-0.2, -0.15) is 5.10 Å². The van der Waals surface area contributed by atoms with E-state index in [1.165, 1.54) is 0 Å². The van der Waals surface area contributed by atoms with Gasteiger partial charge in [0, 0.05) is 29.5 Å². The number of benzene rings is 1. The van der Waals surface area contributed by atoms with Crippen LogP contribution in [0.3, 0.4) is 0 Å². The first-order valence-electron chi connectivity index (χ1n) is 12.2. The third kappa shape index (κ3) is 3.96. The summed E-state index contributed by atoms with van der Waals surface area (Å²) in [6.07, 6.45) is 9.01. The molecule has 2 N–H and O–H groups in total. The van der Waals surface area contributed by atoms with Gasteiger partial charge >= 0.3 is 0 Å². The van der Waals surface area contributed by atoms with Gasteiger partial charge in [0.05, 0.1) is 34.3 Å². The second-order valence-electron chi connectivity index (χ2n) is 9.05. The Balaban J connectivity index is 1.24. The fraction of sp³-hybridized carbons (Fsp3) is 0.0690. The second kappa shape index (κ2) is 8.97. The molecule has 0 aliphatic rings. The maximum atomic E-state index is 5.98. The number of nitrogens with one attached hydrogen (secondary N) is 2. The first kappa shape index (κ1) is 21.9. The lowest BCUT2D eigenvalue weighted by atomic mass is 10.1. The number of fused-ring (bicyclic) bond motifs is 2. The van der Waals surface area contributed by atoms with E-state index in [0.29, 0.717) is 12.4 Å². The number of pyridine rings is 3. The highest BCUT2D eigenvalue weighted by molar-refractivity contribution is 5.96. The van der Waals surface area contributed by atoms with E-state index in [1.54, 1.807) is 24.9 Å². The van der Waals surface area contributed by atoms with Gasteiger partial charge in [0.2, 0.25) is 0 Å². The Morgan fingerprint density at radius 3 is 2.74 bits per heavy atom. The zero-order valence-corrected chi connectivity index (χ0v) is 20.5. The molecule has 0 fully saturated rings. The van der Waals surface area contributed by atoms with Crippen LogP contribution in [0.5, 0.6) is 5.75 Å². The smallest absolute Gasteiger partial charge is 0.147 e. The molecule has 9 nitrogen and oxygen atoms in total. The van der Waals surface area contributed by atoms with Crippen molar-refractivity contribution >= 4 is 21.9 Å². The summed E-state index contributed by atoms with van der Waals surface area (Å²) in [5, 5.41) is 8.66. The Kier molecular flexibility index (Phi) is 5.18. The van der Waals surface area contributed by atoms with Gasteiger partial charge in [-0.25, -0.2) is 15.0 Å². The molecule has 0 atom stereocenters. The number of nitrogens with zero attached hydrogens (tertiary/aromatic N) is 6. The third-order valence-corrected chi connectivity index (χ3v) is 6.40. The minimum Gasteiger partial charge on any atom is -0.487 e. The predicted molar refractivity (Wildman–Crippen MR) is 145 cm³/mol. The van der Waals surface area contributed by atoms with Crippen LogP contribution in [-0.4, -0.2) is 39.7 Å². The molecule has 184 valence electrons. The summed E-state index contributed by atoms with van der Waals surface area (Å²) in [6, 6.07) is 20.0. The molecule has 9 heteroatoms. The molecule has 0 aliphatic carbocycles. The first-order chi connectivity index (χ1) is 18.7. The summed E-state index contributed by atoms with van der Waals surface area (Å²) in [5.41, 5.74) is 7.81. The SMILES string of the molecule is Cc1cn(-c2nccc3[nH]c(-c4n[nH]c5ccc(-c6cncc(OCc7ccccc7)c6)nc45)cc23)cn1. The van der Waals surface area contributed by atoms with E-state index in [2.05, 4.69) is 36.2 Å². The standard InChI is InChI=1S/C29H22N8O/c1-18-15-37(17-32-18)29-22-12-26(33-24(22)9-10-31-29)28-27-25(35-36-28)8-7-23(34-27)20-11-21(14-30-13-20)38-16-19-5-3-2-4-6-19/h2-15,17,33H,16H2,1H3,(H,35,36). The van der Waals surface area contributed by atoms with Crippen molar-refractivity contribution in [2.45, 2.75) is 13.5 Å². The van der Waals surface area contributed by atoms with Crippen LogP contribution in [0.4, 0.5) is 0 Å². The fourth-order valence-corrected chi connectivity index (χ4v) is 4.54. The molecule has 7 aromatic rings. The lowest BCUT2D eigenvalue weighted by Gasteiger charge is -2.08. The van der Waals surface area contributed by atoms with Crippen molar-refractivity contribution in [1.82, 2.24) is 39.7 Å². The number of imidazole rings is 1. The number of aryl methyl sites for hydroxylation is 1. The molecule has 1 aromatic carbocycles. The lowest BCUT2D eigenvalue weighted by Crippen LogP contribution is -1.96. The molecule has 0 saturated heterocycles. The van der Waals surface area contributed by atoms with Gasteiger partial charge in [-0.3, -0.25) is 14.6 Å². The Hall–Kier alpha value is -5.31. The van der Waals surface area contributed by atoms with Crippen molar-refractivity contribution in [3.8, 4) is 34.2 Å². The molecule has 0 radical (unpaired) electrons. The monoisotopic (exact) mass is 498 g/mol. The highest BCUT2D eigenvalue weighted by Crippen LogP contribution is 2.31. The highest BCUT2D eigenvalue weighted by Gasteiger charge is 2.16. The Bertz CT molecular complexity index is 1900. The minimum absolute atomic E-state index is 0.472. The fourth-order valence-electron chi connectivity index (χ4n) is 4.54. The van der Waals surface area contributed by atoms with Gasteiger partial charge in [-0.15, -0.1) is 0 Å². The van der Waals surface area contributed by atoms with Crippen molar-refractivity contribution in [2.75, 3.05) is 0 Å². The number of aromatic amines is 2. The van der Waals surface area contributed by atoms with Gasteiger partial charge < -0.3 is 9.72 Å². The summed E-state index contributed by atoms with van der Waals surface area (Å²) >= 11 is 0. The number of hydrogen-bond donors (Lipinski definition) is 2. The second-order valence-corrected chi connectivity index (χ2v) is 9.05. The van der Waals surface area contributed by atoms with E-state index in [1.807, 2.05) is 72.3 Å². The molecular formula is C29H22N8O. The van der Waals surface area contributed by atoms with Crippen molar-refractivity contribution < 1.29 is 4.74 Å². The molecule has 0 bridgehead atoms. The van der Waals surface area contributed by atoms with Crippen LogP contribution in [0.25, 0.3) is 50.4 Å². The summed E-state index contributed by atoms with van der Waals surface area (Å²) in [5.74, 6) is 1.49. The lowest BCUT2D eigenvalue weighted by molar-refractivity contribution is 0.305. The Morgan fingerprint density at radius 2 is 1.87 bits per heavy atom. The normalized spacial score (nSPS) is 11.4. The van der Waals surface area contributed by atoms with Gasteiger partial charge in [-0.1, -0.05) is 30.3 Å². The molecule has 38 heavy (non-hydrogen) atoms. The third-order valence-electron chi connectivity index (χ3n) is 6.40. The van der Waals surface area contributed by atoms with Crippen LogP contribution in [0.2, 0.25) is 0 Å². The highest BCUT2D eigenvalue weighted by atomic mass is 16.5. The number of hydrogen-bond acceptors (Lipinski definition) is 6. The van der Waals surface area contributed by atoms with Crippen LogP contribution in [-0.2, 0) is 6.61 Å². The largest absolute Gasteiger partial charge is 0.487 e. The van der Waals surface area contributed by atoms with Gasteiger partial charge in [0.1, 0.15) is 35.7 Å². The molecule has 6 heterocycles. The minimum atomic E-state index is 0.472. The number of H-pyrrole nitrogens is 2. The van der Waals surface area contributed by atoms with Gasteiger partial charge in [0.15, 0.2) is 0 Å². The summed E-state index contributed by atoms with van der Waals surface area (Å²) < 4.78 is 7.90. The van der Waals surface area contributed by atoms with E-state index in [-0.39, 0.29) is 0 Å². The first-order valence-corrected chi connectivity index (χ1v) is 12.2. The van der Waals surface area contributed by atoms with Gasteiger partial charge in [-0.05, 0) is 42.8 Å². The van der Waals surface area contributed by atoms with Crippen LogP contribution >= 0.6 is 0 Å². The van der Waals surface area contributed by atoms with Crippen molar-refractivity contribution in [3.63, 3.8) is 0 Å². The molecule has 7 rings (SSSR count). The Labute approximate surface area is 217 Å². The predicted octanol–water partition coefficient (Wildman–Crippen LogP) is 5.64. The van der Waals surface area contributed by atoms with Crippen LogP contribution in [0.1, 0.15) is 11.3 Å². The van der Waals surface area contributed by atoms with E-state index in [9.17, 15) is 0 Å². The van der Waals surface area contributed by atoms with Crippen molar-refractivity contribution in [1.29, 1.82) is 0 Å². The number of rotatable bonds is 6. The topological polar surface area (TPSA) is 110 Å². The molecular weight excluding hydrogens is 476 g/mol. The van der Waals surface area contributed by atoms with Crippen LogP contribution in [0, 0.1) is 6.92 Å². The number of ether oxygens (including phenoxy) is 1. The molecule has 0 unspecified atom stereocenters. The van der Waals surface area contributed by atoms with E-state index >= 15 is 0 Å². The maximum absolute atomic E-state index is 5.98. The van der Waals surface area contributed by atoms with Crippen molar-refractivity contribution in [2.24, 2.45) is 0 Å². The zero-order chi connectivity index (χ0) is 25.5. The Morgan fingerprint density at radius 1 is 0.947 bits per heavy atom. The molecule has 0 aliphatic heterocycles. The average molecular weight is 499 g/mol. The van der Waals surface area contributed by atoms with Crippen molar-refractivity contribution in [3.05, 3.63) is 103 Å². The van der Waals surface area contributed by atoms with Gasteiger partial charge in [0.25, 0.3) is 0 Å². The zero-order valence-electron chi connectivity index (χ0n) is 20.5. The maximum Gasteiger partial charge on any atom is 0.147 e. The molecule has 0 saturated carbocycles.